The van der Waals surface area contributed by atoms with Gasteiger partial charge in [-0.1, -0.05) is 6.92 Å². The molecule has 0 heterocycles. The highest BCUT2D eigenvalue weighted by Crippen LogP contribution is 2.27. The van der Waals surface area contributed by atoms with Crippen LogP contribution in [0, 0.1) is 5.92 Å². The second kappa shape index (κ2) is 5.05. The van der Waals surface area contributed by atoms with Crippen molar-refractivity contribution < 1.29 is 5.11 Å². The van der Waals surface area contributed by atoms with Crippen LogP contribution >= 0.6 is 11.6 Å². The number of hydrogen-bond donors (Lipinski definition) is 1. The lowest BCUT2D eigenvalue weighted by molar-refractivity contribution is 0.175. The molecule has 1 aliphatic rings. The third-order valence-corrected chi connectivity index (χ3v) is 2.79. The van der Waals surface area contributed by atoms with E-state index < -0.39 is 0 Å². The van der Waals surface area contributed by atoms with Gasteiger partial charge < -0.3 is 5.11 Å². The van der Waals surface area contributed by atoms with E-state index in [2.05, 4.69) is 11.8 Å². The molecule has 1 fully saturated rings. The summed E-state index contributed by atoms with van der Waals surface area (Å²) in [6.07, 6.45) is 2.60. The van der Waals surface area contributed by atoms with Crippen molar-refractivity contribution in [2.75, 3.05) is 25.6 Å². The number of nitrogens with zero attached hydrogens (tertiary/aromatic N) is 1. The summed E-state index contributed by atoms with van der Waals surface area (Å²) < 4.78 is 0. The van der Waals surface area contributed by atoms with Crippen molar-refractivity contribution in [2.45, 2.75) is 25.8 Å². The Kier molecular flexibility index (Phi) is 4.33. The van der Waals surface area contributed by atoms with Gasteiger partial charge in [0.05, 0.1) is 6.61 Å². The van der Waals surface area contributed by atoms with Gasteiger partial charge in [0.1, 0.15) is 0 Å². The van der Waals surface area contributed by atoms with Gasteiger partial charge in [-0.25, -0.2) is 0 Å². The summed E-state index contributed by atoms with van der Waals surface area (Å²) in [5, 5.41) is 8.82. The first-order chi connectivity index (χ1) is 5.77. The molecule has 0 amide bonds. The van der Waals surface area contributed by atoms with Gasteiger partial charge in [0.15, 0.2) is 0 Å². The van der Waals surface area contributed by atoms with Crippen molar-refractivity contribution >= 4 is 11.6 Å². The molecular formula is C9H18ClNO. The summed E-state index contributed by atoms with van der Waals surface area (Å²) in [5.41, 5.74) is 0. The van der Waals surface area contributed by atoms with Crippen LogP contribution in [0.1, 0.15) is 19.8 Å². The zero-order valence-electron chi connectivity index (χ0n) is 7.67. The molecule has 0 aromatic carbocycles. The Hall–Kier alpha value is 0.210. The Balaban J connectivity index is 2.22. The Morgan fingerprint density at radius 1 is 1.58 bits per heavy atom. The minimum atomic E-state index is 0.269. The normalized spacial score (nSPS) is 20.0. The van der Waals surface area contributed by atoms with Crippen LogP contribution in [-0.2, 0) is 0 Å². The third kappa shape index (κ3) is 3.30. The van der Waals surface area contributed by atoms with Crippen LogP contribution in [0.15, 0.2) is 0 Å². The quantitative estimate of drug-likeness (QED) is 0.641. The van der Waals surface area contributed by atoms with Crippen LogP contribution < -0.4 is 0 Å². The minimum Gasteiger partial charge on any atom is -0.395 e. The molecule has 0 aromatic rings. The number of aliphatic hydroxyl groups is 1. The van der Waals surface area contributed by atoms with Crippen LogP contribution in [0.5, 0.6) is 0 Å². The van der Waals surface area contributed by atoms with Gasteiger partial charge in [-0.15, -0.1) is 11.6 Å². The molecule has 0 aromatic heterocycles. The molecule has 1 rings (SSSR count). The predicted octanol–water partition coefficient (Wildman–Crippen LogP) is 1.32. The summed E-state index contributed by atoms with van der Waals surface area (Å²) in [6.45, 7) is 4.27. The summed E-state index contributed by atoms with van der Waals surface area (Å²) in [4.78, 5) is 2.35. The average molecular weight is 192 g/mol. The van der Waals surface area contributed by atoms with Gasteiger partial charge in [0.2, 0.25) is 0 Å². The van der Waals surface area contributed by atoms with E-state index in [1.807, 2.05) is 0 Å². The molecule has 1 atom stereocenters. The maximum absolute atomic E-state index is 8.82. The zero-order chi connectivity index (χ0) is 8.97. The number of hydrogen-bond acceptors (Lipinski definition) is 2. The topological polar surface area (TPSA) is 23.5 Å². The van der Waals surface area contributed by atoms with Crippen molar-refractivity contribution in [2.24, 2.45) is 5.92 Å². The predicted molar refractivity (Wildman–Crippen MR) is 51.6 cm³/mol. The SMILES string of the molecule is CC(CCl)CN(CCO)C1CC1. The fraction of sp³-hybridized carbons (Fsp3) is 1.00. The maximum atomic E-state index is 8.82. The van der Waals surface area contributed by atoms with Crippen molar-refractivity contribution in [3.8, 4) is 0 Å². The monoisotopic (exact) mass is 191 g/mol. The highest BCUT2D eigenvalue weighted by Gasteiger charge is 2.28. The smallest absolute Gasteiger partial charge is 0.0558 e. The third-order valence-electron chi connectivity index (χ3n) is 2.26. The van der Waals surface area contributed by atoms with E-state index in [-0.39, 0.29) is 6.61 Å². The summed E-state index contributed by atoms with van der Waals surface area (Å²) in [6, 6.07) is 0.739. The van der Waals surface area contributed by atoms with E-state index in [0.29, 0.717) is 11.8 Å². The number of halogens is 1. The number of alkyl halides is 1. The average Bonchev–Trinajstić information content (AvgIpc) is 2.86. The van der Waals surface area contributed by atoms with Gasteiger partial charge in [-0.05, 0) is 18.8 Å². The van der Waals surface area contributed by atoms with Gasteiger partial charge in [0.25, 0.3) is 0 Å². The van der Waals surface area contributed by atoms with Crippen molar-refractivity contribution in [3.05, 3.63) is 0 Å². The molecule has 0 bridgehead atoms. The van der Waals surface area contributed by atoms with Crippen LogP contribution in [0.3, 0.4) is 0 Å². The largest absolute Gasteiger partial charge is 0.395 e. The molecule has 1 saturated carbocycles. The van der Waals surface area contributed by atoms with E-state index in [4.69, 9.17) is 16.7 Å². The Morgan fingerprint density at radius 3 is 2.67 bits per heavy atom. The van der Waals surface area contributed by atoms with Gasteiger partial charge >= 0.3 is 0 Å². The van der Waals surface area contributed by atoms with E-state index in [9.17, 15) is 0 Å². The van der Waals surface area contributed by atoms with Crippen molar-refractivity contribution in [3.63, 3.8) is 0 Å². The highest BCUT2D eigenvalue weighted by atomic mass is 35.5. The zero-order valence-corrected chi connectivity index (χ0v) is 8.43. The molecule has 1 unspecified atom stereocenters. The van der Waals surface area contributed by atoms with Crippen LogP contribution in [-0.4, -0.2) is 41.6 Å². The van der Waals surface area contributed by atoms with Crippen LogP contribution in [0.2, 0.25) is 0 Å². The molecule has 0 aliphatic heterocycles. The fourth-order valence-corrected chi connectivity index (χ4v) is 1.54. The first-order valence-electron chi connectivity index (χ1n) is 4.68. The Labute approximate surface area is 79.5 Å². The first kappa shape index (κ1) is 10.3. The molecule has 0 spiro atoms. The molecule has 1 N–H and O–H groups in total. The molecule has 0 saturated heterocycles. The fourth-order valence-electron chi connectivity index (χ4n) is 1.44. The number of aliphatic hydroxyl groups excluding tert-OH is 1. The molecule has 1 aliphatic carbocycles. The molecule has 0 radical (unpaired) electrons. The van der Waals surface area contributed by atoms with Gasteiger partial charge in [0, 0.05) is 25.0 Å². The lowest BCUT2D eigenvalue weighted by Gasteiger charge is -2.23. The Bertz CT molecular complexity index is 128. The first-order valence-corrected chi connectivity index (χ1v) is 5.22. The standard InChI is InChI=1S/C9H18ClNO/c1-8(6-10)7-11(4-5-12)9-2-3-9/h8-9,12H,2-7H2,1H3. The lowest BCUT2D eigenvalue weighted by Crippen LogP contribution is -2.33. The minimum absolute atomic E-state index is 0.269. The molecule has 2 nitrogen and oxygen atoms in total. The van der Waals surface area contributed by atoms with Crippen molar-refractivity contribution in [1.82, 2.24) is 4.90 Å². The maximum Gasteiger partial charge on any atom is 0.0558 e. The van der Waals surface area contributed by atoms with Gasteiger partial charge in [-0.2, -0.15) is 0 Å². The summed E-state index contributed by atoms with van der Waals surface area (Å²) >= 11 is 5.73. The molecular weight excluding hydrogens is 174 g/mol. The molecule has 72 valence electrons. The van der Waals surface area contributed by atoms with E-state index in [0.717, 1.165) is 19.1 Å². The number of rotatable bonds is 6. The lowest BCUT2D eigenvalue weighted by atomic mass is 10.2. The second-order valence-corrected chi connectivity index (χ2v) is 4.02. The van der Waals surface area contributed by atoms with Gasteiger partial charge in [-0.3, -0.25) is 4.90 Å². The summed E-state index contributed by atoms with van der Waals surface area (Å²) in [5.74, 6) is 1.26. The van der Waals surface area contributed by atoms with E-state index in [1.54, 1.807) is 0 Å². The summed E-state index contributed by atoms with van der Waals surface area (Å²) in [7, 11) is 0. The van der Waals surface area contributed by atoms with Crippen molar-refractivity contribution in [1.29, 1.82) is 0 Å². The highest BCUT2D eigenvalue weighted by molar-refractivity contribution is 6.18. The molecule has 3 heteroatoms. The van der Waals surface area contributed by atoms with E-state index in [1.165, 1.54) is 12.8 Å². The second-order valence-electron chi connectivity index (χ2n) is 3.71. The molecule has 12 heavy (non-hydrogen) atoms. The van der Waals surface area contributed by atoms with Crippen LogP contribution in [0.25, 0.3) is 0 Å². The van der Waals surface area contributed by atoms with E-state index >= 15 is 0 Å². The Morgan fingerprint density at radius 2 is 2.25 bits per heavy atom. The van der Waals surface area contributed by atoms with Crippen LogP contribution in [0.4, 0.5) is 0 Å².